The molecule has 2 aromatic heterocycles. The summed E-state index contributed by atoms with van der Waals surface area (Å²) in [6.45, 7) is 3.04. The zero-order valence-electron chi connectivity index (χ0n) is 10.6. The van der Waals surface area contributed by atoms with Gasteiger partial charge < -0.3 is 10.6 Å². The van der Waals surface area contributed by atoms with Crippen LogP contribution in [0.5, 0.6) is 0 Å². The van der Waals surface area contributed by atoms with Crippen molar-refractivity contribution in [2.75, 3.05) is 23.7 Å². The second-order valence-corrected chi connectivity index (χ2v) is 5.19. The molecule has 0 saturated heterocycles. The molecule has 2 N–H and O–H groups in total. The summed E-state index contributed by atoms with van der Waals surface area (Å²) in [5.41, 5.74) is 0. The summed E-state index contributed by atoms with van der Waals surface area (Å²) in [4.78, 5) is 12.3. The van der Waals surface area contributed by atoms with Gasteiger partial charge in [0.05, 0.1) is 10.0 Å². The van der Waals surface area contributed by atoms with Crippen LogP contribution < -0.4 is 10.6 Å². The molecule has 106 valence electrons. The summed E-state index contributed by atoms with van der Waals surface area (Å²) in [7, 11) is 0. The van der Waals surface area contributed by atoms with Crippen molar-refractivity contribution in [3.63, 3.8) is 0 Å². The molecule has 2 aromatic rings. The number of rotatable bonds is 5. The first-order chi connectivity index (χ1) is 9.54. The number of aryl methyl sites for hydroxylation is 1. The van der Waals surface area contributed by atoms with Gasteiger partial charge in [0.1, 0.15) is 22.6 Å². The van der Waals surface area contributed by atoms with Crippen molar-refractivity contribution >= 4 is 46.4 Å². The normalized spacial score (nSPS) is 10.4. The van der Waals surface area contributed by atoms with Crippen LogP contribution in [0.15, 0.2) is 18.3 Å². The van der Waals surface area contributed by atoms with Gasteiger partial charge in [0.15, 0.2) is 0 Å². The minimum absolute atomic E-state index is 0.412. The summed E-state index contributed by atoms with van der Waals surface area (Å²) in [6.07, 6.45) is 1.54. The Kier molecular flexibility index (Phi) is 5.23. The van der Waals surface area contributed by atoms with Gasteiger partial charge in [-0.25, -0.2) is 15.0 Å². The summed E-state index contributed by atoms with van der Waals surface area (Å²) in [5.74, 6) is 1.89. The van der Waals surface area contributed by atoms with Crippen molar-refractivity contribution in [3.05, 3.63) is 39.4 Å². The average molecular weight is 333 g/mol. The largest absolute Gasteiger partial charge is 0.368 e. The van der Waals surface area contributed by atoms with E-state index in [9.17, 15) is 0 Å². The predicted molar refractivity (Wildman–Crippen MR) is 83.0 cm³/mol. The van der Waals surface area contributed by atoms with Crippen molar-refractivity contribution in [2.45, 2.75) is 6.92 Å². The molecule has 0 spiro atoms. The molecule has 2 rings (SSSR count). The second-order valence-electron chi connectivity index (χ2n) is 3.96. The number of hydrogen-bond donors (Lipinski definition) is 2. The quantitative estimate of drug-likeness (QED) is 0.646. The Balaban J connectivity index is 1.84. The molecule has 0 fully saturated rings. The van der Waals surface area contributed by atoms with Crippen LogP contribution in [-0.4, -0.2) is 28.0 Å². The van der Waals surface area contributed by atoms with E-state index >= 15 is 0 Å². The van der Waals surface area contributed by atoms with Gasteiger partial charge in [-0.05, 0) is 13.0 Å². The molecule has 0 aliphatic carbocycles. The Bertz CT molecular complexity index is 585. The highest BCUT2D eigenvalue weighted by Crippen LogP contribution is 2.22. The lowest BCUT2D eigenvalue weighted by atomic mass is 10.4. The van der Waals surface area contributed by atoms with Crippen molar-refractivity contribution in [3.8, 4) is 0 Å². The minimum atomic E-state index is 0.412. The van der Waals surface area contributed by atoms with Crippen molar-refractivity contribution in [2.24, 2.45) is 0 Å². The molecule has 0 saturated carbocycles. The summed E-state index contributed by atoms with van der Waals surface area (Å²) in [5, 5.41) is 7.63. The molecule has 0 bridgehead atoms. The lowest BCUT2D eigenvalue weighted by Gasteiger charge is -2.09. The highest BCUT2D eigenvalue weighted by atomic mass is 35.5. The van der Waals surface area contributed by atoms with Crippen LogP contribution in [0.4, 0.5) is 11.6 Å². The molecule has 8 heteroatoms. The fraction of sp³-hybridized carbons (Fsp3) is 0.250. The lowest BCUT2D eigenvalue weighted by molar-refractivity contribution is 1.01. The van der Waals surface area contributed by atoms with E-state index in [4.69, 9.17) is 34.8 Å². The van der Waals surface area contributed by atoms with Crippen molar-refractivity contribution < 1.29 is 0 Å². The van der Waals surface area contributed by atoms with Crippen LogP contribution in [0.25, 0.3) is 0 Å². The van der Waals surface area contributed by atoms with Gasteiger partial charge in [-0.1, -0.05) is 34.8 Å². The van der Waals surface area contributed by atoms with Gasteiger partial charge in [-0.15, -0.1) is 0 Å². The van der Waals surface area contributed by atoms with E-state index in [1.54, 1.807) is 19.1 Å². The first kappa shape index (κ1) is 15.1. The van der Waals surface area contributed by atoms with E-state index < -0.39 is 0 Å². The molecular weight excluding hydrogens is 321 g/mol. The molecule has 0 aromatic carbocycles. The van der Waals surface area contributed by atoms with Crippen LogP contribution in [0.1, 0.15) is 5.82 Å². The van der Waals surface area contributed by atoms with E-state index in [0.717, 1.165) is 0 Å². The molecular formula is C12H12Cl3N5. The standard InChI is InChI=1S/C12H12Cl3N5/c1-7-19-10(15)5-11(20-7)16-2-3-17-12-9(14)4-8(13)6-18-12/h4-6H,2-3H2,1H3,(H,17,18)(H,16,19,20). The van der Waals surface area contributed by atoms with Crippen molar-refractivity contribution in [1.29, 1.82) is 0 Å². The highest BCUT2D eigenvalue weighted by Gasteiger charge is 2.02. The number of aromatic nitrogens is 3. The van der Waals surface area contributed by atoms with E-state index in [1.165, 1.54) is 6.20 Å². The van der Waals surface area contributed by atoms with Crippen LogP contribution in [0, 0.1) is 6.92 Å². The zero-order chi connectivity index (χ0) is 14.5. The number of pyridine rings is 1. The van der Waals surface area contributed by atoms with Crippen LogP contribution in [0.2, 0.25) is 15.2 Å². The van der Waals surface area contributed by atoms with Crippen molar-refractivity contribution in [1.82, 2.24) is 15.0 Å². The molecule has 0 amide bonds. The third-order valence-corrected chi connectivity index (χ3v) is 3.03. The average Bonchev–Trinajstić information content (AvgIpc) is 2.35. The van der Waals surface area contributed by atoms with Gasteiger partial charge in [0.25, 0.3) is 0 Å². The number of anilines is 2. The molecule has 2 heterocycles. The summed E-state index contributed by atoms with van der Waals surface area (Å²) in [6, 6.07) is 3.31. The Hall–Kier alpha value is -1.30. The summed E-state index contributed by atoms with van der Waals surface area (Å²) >= 11 is 17.6. The second kappa shape index (κ2) is 6.92. The first-order valence-corrected chi connectivity index (χ1v) is 6.98. The van der Waals surface area contributed by atoms with Gasteiger partial charge in [0.2, 0.25) is 0 Å². The Morgan fingerprint density at radius 1 is 1.05 bits per heavy atom. The monoisotopic (exact) mass is 331 g/mol. The first-order valence-electron chi connectivity index (χ1n) is 5.84. The highest BCUT2D eigenvalue weighted by molar-refractivity contribution is 6.35. The maximum atomic E-state index is 6.00. The Labute approximate surface area is 131 Å². The fourth-order valence-electron chi connectivity index (χ4n) is 1.54. The SMILES string of the molecule is Cc1nc(Cl)cc(NCCNc2ncc(Cl)cc2Cl)n1. The molecule has 0 aliphatic heterocycles. The maximum absolute atomic E-state index is 6.00. The van der Waals surface area contributed by atoms with Gasteiger partial charge in [-0.3, -0.25) is 0 Å². The fourth-order valence-corrected chi connectivity index (χ4v) is 2.21. The molecule has 0 unspecified atom stereocenters. The molecule has 0 aliphatic rings. The molecule has 0 radical (unpaired) electrons. The lowest BCUT2D eigenvalue weighted by Crippen LogP contribution is -2.15. The predicted octanol–water partition coefficient (Wildman–Crippen LogP) is 3.66. The molecule has 0 atom stereocenters. The summed E-state index contributed by atoms with van der Waals surface area (Å²) < 4.78 is 0. The Morgan fingerprint density at radius 2 is 1.80 bits per heavy atom. The maximum Gasteiger partial charge on any atom is 0.144 e. The minimum Gasteiger partial charge on any atom is -0.368 e. The van der Waals surface area contributed by atoms with E-state index in [0.29, 0.717) is 45.7 Å². The van der Waals surface area contributed by atoms with Crippen LogP contribution in [-0.2, 0) is 0 Å². The van der Waals surface area contributed by atoms with E-state index in [1.807, 2.05) is 0 Å². The van der Waals surface area contributed by atoms with Crippen LogP contribution >= 0.6 is 34.8 Å². The van der Waals surface area contributed by atoms with Gasteiger partial charge in [-0.2, -0.15) is 0 Å². The van der Waals surface area contributed by atoms with Gasteiger partial charge >= 0.3 is 0 Å². The molecule has 5 nitrogen and oxygen atoms in total. The topological polar surface area (TPSA) is 62.7 Å². The van der Waals surface area contributed by atoms with E-state index in [-0.39, 0.29) is 0 Å². The number of nitrogens with zero attached hydrogens (tertiary/aromatic N) is 3. The third kappa shape index (κ3) is 4.37. The number of hydrogen-bond acceptors (Lipinski definition) is 5. The smallest absolute Gasteiger partial charge is 0.144 e. The zero-order valence-corrected chi connectivity index (χ0v) is 12.9. The van der Waals surface area contributed by atoms with E-state index in [2.05, 4.69) is 25.6 Å². The van der Waals surface area contributed by atoms with Crippen LogP contribution in [0.3, 0.4) is 0 Å². The van der Waals surface area contributed by atoms with Gasteiger partial charge in [0, 0.05) is 25.4 Å². The molecule has 20 heavy (non-hydrogen) atoms. The third-order valence-electron chi connectivity index (χ3n) is 2.34. The Morgan fingerprint density at radius 3 is 2.50 bits per heavy atom. The number of nitrogens with one attached hydrogen (secondary N) is 2. The number of halogens is 3.